The fraction of sp³-hybridized carbons (Fsp3) is 0.368. The lowest BCUT2D eigenvalue weighted by atomic mass is 9.89. The van der Waals surface area contributed by atoms with Gasteiger partial charge < -0.3 is 4.90 Å². The summed E-state index contributed by atoms with van der Waals surface area (Å²) in [6, 6.07) is 11.1. The molecule has 0 unspecified atom stereocenters. The summed E-state index contributed by atoms with van der Waals surface area (Å²) >= 11 is 0. The Bertz CT molecular complexity index is 1020. The number of benzene rings is 2. The number of sulfonamides is 1. The maximum Gasteiger partial charge on any atom is 0.289 e. The van der Waals surface area contributed by atoms with Gasteiger partial charge in [0.15, 0.2) is 4.90 Å². The van der Waals surface area contributed by atoms with Gasteiger partial charge in [-0.2, -0.15) is 0 Å². The van der Waals surface area contributed by atoms with Crippen LogP contribution >= 0.6 is 0 Å². The minimum Gasteiger partial charge on any atom is -0.306 e. The molecule has 27 heavy (non-hydrogen) atoms. The lowest BCUT2D eigenvalue weighted by Crippen LogP contribution is -2.47. The first kappa shape index (κ1) is 17.9. The van der Waals surface area contributed by atoms with Gasteiger partial charge in [-0.05, 0) is 44.6 Å². The van der Waals surface area contributed by atoms with Crippen LogP contribution in [-0.4, -0.2) is 44.4 Å². The van der Waals surface area contributed by atoms with E-state index in [9.17, 15) is 18.5 Å². The lowest BCUT2D eigenvalue weighted by Gasteiger charge is -2.36. The minimum absolute atomic E-state index is 0.0659. The minimum atomic E-state index is -4.06. The Balaban J connectivity index is 1.90. The summed E-state index contributed by atoms with van der Waals surface area (Å²) in [5, 5.41) is 11.4. The number of aryl methyl sites for hydroxylation is 1. The predicted octanol–water partition coefficient (Wildman–Crippen LogP) is 2.90. The molecule has 1 fully saturated rings. The number of hydrogen-bond donors (Lipinski definition) is 0. The van der Waals surface area contributed by atoms with Crippen molar-refractivity contribution in [3.8, 4) is 0 Å². The van der Waals surface area contributed by atoms with Crippen LogP contribution in [-0.2, 0) is 10.0 Å². The smallest absolute Gasteiger partial charge is 0.289 e. The maximum atomic E-state index is 13.6. The van der Waals surface area contributed by atoms with E-state index >= 15 is 0 Å². The van der Waals surface area contributed by atoms with Gasteiger partial charge in [0.05, 0.1) is 16.7 Å². The molecule has 2 aliphatic rings. The van der Waals surface area contributed by atoms with Crippen molar-refractivity contribution in [2.24, 2.45) is 0 Å². The van der Waals surface area contributed by atoms with E-state index in [0.29, 0.717) is 12.1 Å². The zero-order chi connectivity index (χ0) is 19.3. The molecule has 7 nitrogen and oxygen atoms in total. The fourth-order valence-electron chi connectivity index (χ4n) is 4.28. The molecule has 4 rings (SSSR count). The van der Waals surface area contributed by atoms with E-state index in [1.165, 1.54) is 28.6 Å². The number of fused-ring (bicyclic) bond motifs is 3. The molecule has 2 atom stereocenters. The van der Waals surface area contributed by atoms with Crippen molar-refractivity contribution in [1.29, 1.82) is 0 Å². The Morgan fingerprint density at radius 1 is 1.19 bits per heavy atom. The van der Waals surface area contributed by atoms with Gasteiger partial charge in [-0.1, -0.05) is 29.8 Å². The average Bonchev–Trinajstić information content (AvgIpc) is 2.95. The first-order valence-corrected chi connectivity index (χ1v) is 10.3. The topological polar surface area (TPSA) is 83.8 Å². The second-order valence-electron chi connectivity index (χ2n) is 7.31. The molecule has 2 aromatic rings. The number of rotatable bonds is 3. The Morgan fingerprint density at radius 3 is 2.67 bits per heavy atom. The molecule has 2 aliphatic heterocycles. The average molecular weight is 387 g/mol. The van der Waals surface area contributed by atoms with Crippen LogP contribution in [0.1, 0.15) is 23.5 Å². The second kappa shape index (κ2) is 6.31. The molecule has 0 aliphatic carbocycles. The van der Waals surface area contributed by atoms with Crippen LogP contribution in [0.15, 0.2) is 47.4 Å². The number of para-hydroxylation sites is 1. The Hall–Kier alpha value is -2.45. The van der Waals surface area contributed by atoms with Gasteiger partial charge in [-0.15, -0.1) is 0 Å². The number of nitro benzene ring substituents is 1. The quantitative estimate of drug-likeness (QED) is 0.597. The first-order valence-electron chi connectivity index (χ1n) is 8.87. The third-order valence-corrected chi connectivity index (χ3v) is 7.39. The second-order valence-corrected chi connectivity index (χ2v) is 9.10. The normalized spacial score (nSPS) is 22.4. The maximum absolute atomic E-state index is 13.6. The highest BCUT2D eigenvalue weighted by Gasteiger charge is 2.47. The van der Waals surface area contributed by atoms with Crippen molar-refractivity contribution < 1.29 is 13.3 Å². The van der Waals surface area contributed by atoms with Crippen molar-refractivity contribution in [3.63, 3.8) is 0 Å². The number of anilines is 1. The van der Waals surface area contributed by atoms with E-state index in [4.69, 9.17) is 0 Å². The number of piperidine rings is 1. The third kappa shape index (κ3) is 2.80. The van der Waals surface area contributed by atoms with E-state index in [1.807, 2.05) is 32.2 Å². The first-order chi connectivity index (χ1) is 12.8. The molecule has 0 bridgehead atoms. The summed E-state index contributed by atoms with van der Waals surface area (Å²) in [6.45, 7) is 3.54. The molecule has 1 saturated heterocycles. The molecular formula is C19H21N3O4S. The largest absolute Gasteiger partial charge is 0.306 e. The van der Waals surface area contributed by atoms with E-state index in [2.05, 4.69) is 4.90 Å². The van der Waals surface area contributed by atoms with Crippen LogP contribution < -0.4 is 4.31 Å². The molecule has 142 valence electrons. The van der Waals surface area contributed by atoms with Crippen molar-refractivity contribution in [2.45, 2.75) is 30.2 Å². The standard InChI is InChI=1S/C19H21N3O4S/c1-13-7-8-16-14(11-13)15-12-20(2)10-9-17(15)21(16)27(25,26)19-6-4-3-5-18(19)22(23)24/h3-8,11,15,17H,9-10,12H2,1-2H3/t15-,17+/m1/s1. The van der Waals surface area contributed by atoms with E-state index in [0.717, 1.165) is 24.2 Å². The van der Waals surface area contributed by atoms with Gasteiger partial charge in [-0.3, -0.25) is 14.4 Å². The van der Waals surface area contributed by atoms with E-state index in [-0.39, 0.29) is 22.5 Å². The Morgan fingerprint density at radius 2 is 1.93 bits per heavy atom. The van der Waals surface area contributed by atoms with Crippen molar-refractivity contribution in [1.82, 2.24) is 4.90 Å². The highest BCUT2D eigenvalue weighted by Crippen LogP contribution is 2.48. The summed E-state index contributed by atoms with van der Waals surface area (Å²) < 4.78 is 28.5. The van der Waals surface area contributed by atoms with Gasteiger partial charge >= 0.3 is 0 Å². The van der Waals surface area contributed by atoms with Gasteiger partial charge in [0, 0.05) is 18.5 Å². The highest BCUT2D eigenvalue weighted by atomic mass is 32.2. The highest BCUT2D eigenvalue weighted by molar-refractivity contribution is 7.93. The van der Waals surface area contributed by atoms with Crippen LogP contribution in [0.2, 0.25) is 0 Å². The number of likely N-dealkylation sites (tertiary alicyclic amines) is 1. The number of nitro groups is 1. The molecular weight excluding hydrogens is 366 g/mol. The summed E-state index contributed by atoms with van der Waals surface area (Å²) in [4.78, 5) is 12.7. The Kier molecular flexibility index (Phi) is 4.20. The van der Waals surface area contributed by atoms with Gasteiger partial charge in [0.25, 0.3) is 15.7 Å². The van der Waals surface area contributed by atoms with Crippen molar-refractivity contribution in [2.75, 3.05) is 24.4 Å². The molecule has 0 aromatic heterocycles. The molecule has 0 saturated carbocycles. The van der Waals surface area contributed by atoms with Crippen molar-refractivity contribution in [3.05, 3.63) is 63.7 Å². The van der Waals surface area contributed by atoms with Crippen LogP contribution in [0.3, 0.4) is 0 Å². The predicted molar refractivity (Wildman–Crippen MR) is 103 cm³/mol. The number of hydrogen-bond acceptors (Lipinski definition) is 5. The zero-order valence-corrected chi connectivity index (χ0v) is 16.0. The van der Waals surface area contributed by atoms with Gasteiger partial charge in [0.2, 0.25) is 0 Å². The molecule has 0 radical (unpaired) electrons. The molecule has 2 heterocycles. The third-order valence-electron chi connectivity index (χ3n) is 5.50. The number of likely N-dealkylation sites (N-methyl/N-ethyl adjacent to an activating group) is 1. The number of nitrogens with zero attached hydrogens (tertiary/aromatic N) is 3. The fourth-order valence-corrected chi connectivity index (χ4v) is 6.18. The monoisotopic (exact) mass is 387 g/mol. The molecule has 2 aromatic carbocycles. The zero-order valence-electron chi connectivity index (χ0n) is 15.2. The van der Waals surface area contributed by atoms with Crippen LogP contribution in [0.5, 0.6) is 0 Å². The summed E-state index contributed by atoms with van der Waals surface area (Å²) in [5.74, 6) is 0.0659. The molecule has 0 amide bonds. The van der Waals surface area contributed by atoms with Gasteiger partial charge in [0.1, 0.15) is 0 Å². The van der Waals surface area contributed by atoms with Gasteiger partial charge in [-0.25, -0.2) is 8.42 Å². The summed E-state index contributed by atoms with van der Waals surface area (Å²) in [6.07, 6.45) is 0.689. The molecule has 0 spiro atoms. The van der Waals surface area contributed by atoms with Crippen molar-refractivity contribution >= 4 is 21.4 Å². The van der Waals surface area contributed by atoms with Crippen LogP contribution in [0.25, 0.3) is 0 Å². The molecule has 0 N–H and O–H groups in total. The van der Waals surface area contributed by atoms with E-state index in [1.54, 1.807) is 0 Å². The Labute approximate surface area is 158 Å². The summed E-state index contributed by atoms with van der Waals surface area (Å²) in [5.41, 5.74) is 2.34. The molecule has 8 heteroatoms. The van der Waals surface area contributed by atoms with Crippen LogP contribution in [0.4, 0.5) is 11.4 Å². The summed E-state index contributed by atoms with van der Waals surface area (Å²) in [7, 11) is -2.02. The van der Waals surface area contributed by atoms with Crippen LogP contribution in [0, 0.1) is 17.0 Å². The SMILES string of the molecule is Cc1ccc2c(c1)[C@H]1CN(C)CC[C@@H]1N2S(=O)(=O)c1ccccc1[N+](=O)[O-]. The lowest BCUT2D eigenvalue weighted by molar-refractivity contribution is -0.387. The van der Waals surface area contributed by atoms with E-state index < -0.39 is 14.9 Å².